The van der Waals surface area contributed by atoms with Crippen LogP contribution >= 0.6 is 11.8 Å². The first-order valence-electron chi connectivity index (χ1n) is 7.25. The third-order valence-corrected chi connectivity index (χ3v) is 4.67. The Labute approximate surface area is 125 Å². The number of rotatable bonds is 7. The van der Waals surface area contributed by atoms with Crippen LogP contribution in [0, 0.1) is 5.41 Å². The Morgan fingerprint density at radius 3 is 2.45 bits per heavy atom. The van der Waals surface area contributed by atoms with Crippen LogP contribution in [0.15, 0.2) is 0 Å². The molecule has 0 unspecified atom stereocenters. The summed E-state index contributed by atoms with van der Waals surface area (Å²) in [6.45, 7) is 3.53. The molecule has 1 rings (SSSR count). The van der Waals surface area contributed by atoms with Gasteiger partial charge in [0.05, 0.1) is 5.41 Å². The molecule has 20 heavy (non-hydrogen) atoms. The molecule has 1 aliphatic heterocycles. The van der Waals surface area contributed by atoms with Crippen LogP contribution in [-0.4, -0.2) is 53.6 Å². The Morgan fingerprint density at radius 2 is 1.90 bits per heavy atom. The molecule has 0 atom stereocenters. The number of likely N-dealkylation sites (tertiary alicyclic amines) is 1. The quantitative estimate of drug-likeness (QED) is 0.709. The predicted molar refractivity (Wildman–Crippen MR) is 82.2 cm³/mol. The number of nitrogens with zero attached hydrogens (tertiary/aromatic N) is 1. The highest BCUT2D eigenvalue weighted by Gasteiger charge is 2.37. The van der Waals surface area contributed by atoms with E-state index in [9.17, 15) is 9.59 Å². The summed E-state index contributed by atoms with van der Waals surface area (Å²) in [4.78, 5) is 24.8. The Hall–Kier alpha value is -0.910. The van der Waals surface area contributed by atoms with Crippen molar-refractivity contribution in [1.29, 1.82) is 0 Å². The molecular weight excluding hydrogens is 276 g/mol. The number of aliphatic carboxylic acids is 1. The number of urea groups is 1. The number of amides is 2. The average Bonchev–Trinajstić information content (AvgIpc) is 2.43. The Bertz CT molecular complexity index is 328. The Kier molecular flexibility index (Phi) is 7.19. The van der Waals surface area contributed by atoms with Crippen LogP contribution in [0.1, 0.15) is 39.0 Å². The summed E-state index contributed by atoms with van der Waals surface area (Å²) in [7, 11) is 0. The fourth-order valence-electron chi connectivity index (χ4n) is 2.27. The van der Waals surface area contributed by atoms with Gasteiger partial charge in [0.25, 0.3) is 0 Å². The lowest BCUT2D eigenvalue weighted by Gasteiger charge is -2.36. The summed E-state index contributed by atoms with van der Waals surface area (Å²) in [6.07, 6.45) is 6.50. The van der Waals surface area contributed by atoms with Crippen LogP contribution in [0.3, 0.4) is 0 Å². The second-order valence-corrected chi connectivity index (χ2v) is 6.62. The maximum Gasteiger partial charge on any atom is 0.317 e. The Balaban J connectivity index is 2.18. The normalized spacial score (nSPS) is 17.8. The van der Waals surface area contributed by atoms with E-state index in [1.54, 1.807) is 11.8 Å². The zero-order valence-corrected chi connectivity index (χ0v) is 13.3. The number of hydrogen-bond donors (Lipinski definition) is 2. The fourth-order valence-corrected chi connectivity index (χ4v) is 2.77. The molecule has 1 fully saturated rings. The molecule has 0 saturated carbocycles. The van der Waals surface area contributed by atoms with E-state index in [4.69, 9.17) is 5.11 Å². The number of hydrogen-bond acceptors (Lipinski definition) is 3. The SMILES string of the molecule is CSCCCCCNC(=O)N1CCC(C)(C(=O)O)CC1. The van der Waals surface area contributed by atoms with Crippen LogP contribution < -0.4 is 5.32 Å². The molecule has 5 nitrogen and oxygen atoms in total. The van der Waals surface area contributed by atoms with Gasteiger partial charge in [-0.1, -0.05) is 6.42 Å². The highest BCUT2D eigenvalue weighted by Crippen LogP contribution is 2.30. The van der Waals surface area contributed by atoms with Gasteiger partial charge in [0.2, 0.25) is 0 Å². The molecule has 1 saturated heterocycles. The minimum atomic E-state index is -0.758. The van der Waals surface area contributed by atoms with Crippen molar-refractivity contribution >= 4 is 23.8 Å². The minimum Gasteiger partial charge on any atom is -0.481 e. The van der Waals surface area contributed by atoms with Crippen LogP contribution in [0.5, 0.6) is 0 Å². The van der Waals surface area contributed by atoms with E-state index in [1.165, 1.54) is 12.2 Å². The molecule has 0 aromatic carbocycles. The molecular formula is C14H26N2O3S. The van der Waals surface area contributed by atoms with Crippen molar-refractivity contribution in [1.82, 2.24) is 10.2 Å². The standard InChI is InChI=1S/C14H26N2O3S/c1-14(12(17)18)6-9-16(10-7-14)13(19)15-8-4-3-5-11-20-2/h3-11H2,1-2H3,(H,15,19)(H,17,18). The van der Waals surface area contributed by atoms with Gasteiger partial charge in [-0.3, -0.25) is 4.79 Å². The molecule has 0 spiro atoms. The number of carboxylic acids is 1. The number of unbranched alkanes of at least 4 members (excludes halogenated alkanes) is 2. The molecule has 1 heterocycles. The lowest BCUT2D eigenvalue weighted by molar-refractivity contribution is -0.150. The highest BCUT2D eigenvalue weighted by molar-refractivity contribution is 7.98. The third-order valence-electron chi connectivity index (χ3n) is 3.97. The molecule has 116 valence electrons. The summed E-state index contributed by atoms with van der Waals surface area (Å²) in [6, 6.07) is -0.0534. The number of carbonyl (C=O) groups is 2. The van der Waals surface area contributed by atoms with Crippen molar-refractivity contribution in [2.45, 2.75) is 39.0 Å². The summed E-state index contributed by atoms with van der Waals surface area (Å²) in [5, 5.41) is 12.1. The van der Waals surface area contributed by atoms with E-state index in [-0.39, 0.29) is 6.03 Å². The summed E-state index contributed by atoms with van der Waals surface area (Å²) < 4.78 is 0. The van der Waals surface area contributed by atoms with Gasteiger partial charge in [0.1, 0.15) is 0 Å². The van der Waals surface area contributed by atoms with Gasteiger partial charge < -0.3 is 15.3 Å². The topological polar surface area (TPSA) is 69.6 Å². The number of carbonyl (C=O) groups excluding carboxylic acids is 1. The first kappa shape index (κ1) is 17.1. The van der Waals surface area contributed by atoms with E-state index in [0.717, 1.165) is 12.8 Å². The summed E-state index contributed by atoms with van der Waals surface area (Å²) >= 11 is 1.85. The molecule has 0 aromatic rings. The zero-order valence-electron chi connectivity index (χ0n) is 12.5. The smallest absolute Gasteiger partial charge is 0.317 e. The van der Waals surface area contributed by atoms with Crippen molar-refractivity contribution < 1.29 is 14.7 Å². The fraction of sp³-hybridized carbons (Fsp3) is 0.857. The second-order valence-electron chi connectivity index (χ2n) is 5.64. The van der Waals surface area contributed by atoms with Gasteiger partial charge in [-0.05, 0) is 44.6 Å². The predicted octanol–water partition coefficient (Wildman–Crippen LogP) is 2.42. The van der Waals surface area contributed by atoms with Crippen molar-refractivity contribution in [2.75, 3.05) is 31.6 Å². The minimum absolute atomic E-state index is 0.0534. The maximum absolute atomic E-state index is 11.9. The molecule has 0 aliphatic carbocycles. The molecule has 0 bridgehead atoms. The van der Waals surface area contributed by atoms with Crippen molar-refractivity contribution in [3.63, 3.8) is 0 Å². The zero-order chi connectivity index (χ0) is 15.0. The average molecular weight is 302 g/mol. The summed E-state index contributed by atoms with van der Waals surface area (Å²) in [5.41, 5.74) is -0.672. The van der Waals surface area contributed by atoms with Gasteiger partial charge in [-0.15, -0.1) is 0 Å². The van der Waals surface area contributed by atoms with Gasteiger partial charge in [0.15, 0.2) is 0 Å². The lowest BCUT2D eigenvalue weighted by Crippen LogP contribution is -2.48. The molecule has 1 aliphatic rings. The van der Waals surface area contributed by atoms with E-state index in [2.05, 4.69) is 11.6 Å². The maximum atomic E-state index is 11.9. The third kappa shape index (κ3) is 5.23. The van der Waals surface area contributed by atoms with E-state index < -0.39 is 11.4 Å². The first-order chi connectivity index (χ1) is 9.49. The second kappa shape index (κ2) is 8.39. The van der Waals surface area contributed by atoms with Gasteiger partial charge in [-0.2, -0.15) is 11.8 Å². The molecule has 0 aromatic heterocycles. The van der Waals surface area contributed by atoms with Gasteiger partial charge in [0, 0.05) is 19.6 Å². The van der Waals surface area contributed by atoms with Gasteiger partial charge >= 0.3 is 12.0 Å². The molecule has 2 N–H and O–H groups in total. The molecule has 0 radical (unpaired) electrons. The number of nitrogens with one attached hydrogen (secondary N) is 1. The summed E-state index contributed by atoms with van der Waals surface area (Å²) in [5.74, 6) is 0.416. The number of piperidine rings is 1. The largest absolute Gasteiger partial charge is 0.481 e. The van der Waals surface area contributed by atoms with Crippen LogP contribution in [0.2, 0.25) is 0 Å². The molecule has 6 heteroatoms. The Morgan fingerprint density at radius 1 is 1.25 bits per heavy atom. The lowest BCUT2D eigenvalue weighted by atomic mass is 9.80. The van der Waals surface area contributed by atoms with E-state index in [0.29, 0.717) is 32.5 Å². The van der Waals surface area contributed by atoms with Crippen molar-refractivity contribution in [3.8, 4) is 0 Å². The van der Waals surface area contributed by atoms with E-state index >= 15 is 0 Å². The molecule has 2 amide bonds. The van der Waals surface area contributed by atoms with Gasteiger partial charge in [-0.25, -0.2) is 4.79 Å². The number of thioether (sulfide) groups is 1. The first-order valence-corrected chi connectivity index (χ1v) is 8.64. The van der Waals surface area contributed by atoms with Crippen LogP contribution in [0.25, 0.3) is 0 Å². The van der Waals surface area contributed by atoms with Crippen molar-refractivity contribution in [2.24, 2.45) is 5.41 Å². The highest BCUT2D eigenvalue weighted by atomic mass is 32.2. The van der Waals surface area contributed by atoms with Crippen LogP contribution in [0.4, 0.5) is 4.79 Å². The monoisotopic (exact) mass is 302 g/mol. The number of carboxylic acid groups (broad SMARTS) is 1. The van der Waals surface area contributed by atoms with Crippen LogP contribution in [-0.2, 0) is 4.79 Å². The van der Waals surface area contributed by atoms with E-state index in [1.807, 2.05) is 11.8 Å². The van der Waals surface area contributed by atoms with Crippen molar-refractivity contribution in [3.05, 3.63) is 0 Å².